The molecule has 3 aromatic rings. The molecule has 0 radical (unpaired) electrons. The molecule has 30 heavy (non-hydrogen) atoms. The zero-order valence-electron chi connectivity index (χ0n) is 15.3. The van der Waals surface area contributed by atoms with Crippen LogP contribution in [0.3, 0.4) is 0 Å². The minimum absolute atomic E-state index is 0.0572. The van der Waals surface area contributed by atoms with Crippen LogP contribution >= 0.6 is 11.6 Å². The Labute approximate surface area is 177 Å². The third-order valence-electron chi connectivity index (χ3n) is 4.39. The van der Waals surface area contributed by atoms with Gasteiger partial charge in [-0.2, -0.15) is 5.26 Å². The number of hydrogen-bond acceptors (Lipinski definition) is 5. The molecule has 0 fully saturated rings. The predicted octanol–water partition coefficient (Wildman–Crippen LogP) is 3.32. The van der Waals surface area contributed by atoms with Crippen LogP contribution in [-0.4, -0.2) is 25.7 Å². The van der Waals surface area contributed by atoms with Gasteiger partial charge in [-0.1, -0.05) is 11.6 Å². The van der Waals surface area contributed by atoms with Gasteiger partial charge in [-0.25, -0.2) is 21.9 Å². The summed E-state index contributed by atoms with van der Waals surface area (Å²) in [6.45, 7) is 0.0935. The largest absolute Gasteiger partial charge is 0.288 e. The van der Waals surface area contributed by atoms with E-state index in [1.54, 1.807) is 0 Å². The Bertz CT molecular complexity index is 1260. The third-order valence-corrected chi connectivity index (χ3v) is 5.31. The fraction of sp³-hybridized carbons (Fsp3) is 0.150. The molecular formula is C20H14ClF2N3O3S. The van der Waals surface area contributed by atoms with Crippen molar-refractivity contribution in [3.05, 3.63) is 75.4 Å². The number of ketones is 1. The zero-order valence-corrected chi connectivity index (χ0v) is 16.9. The van der Waals surface area contributed by atoms with Crippen LogP contribution in [0, 0.1) is 23.0 Å². The average molecular weight is 450 g/mol. The lowest BCUT2D eigenvalue weighted by molar-refractivity contribution is 0.103. The van der Waals surface area contributed by atoms with Gasteiger partial charge in [0.2, 0.25) is 10.9 Å². The van der Waals surface area contributed by atoms with Gasteiger partial charge in [0.1, 0.15) is 6.07 Å². The van der Waals surface area contributed by atoms with E-state index in [1.807, 2.05) is 6.07 Å². The maximum Gasteiger partial charge on any atom is 0.201 e. The molecule has 0 atom stereocenters. The van der Waals surface area contributed by atoms with Crippen LogP contribution in [-0.2, 0) is 17.3 Å². The number of benzene rings is 2. The molecule has 1 N–H and O–H groups in total. The SMILES string of the molecule is N#Cc1cnc2ccc(C(=O)c3c(F)c(F)cc(CCCN[SH](=O)=O)c3Cl)cc2c1. The molecule has 154 valence electrons. The fourth-order valence-corrected chi connectivity index (χ4v) is 3.62. The lowest BCUT2D eigenvalue weighted by Crippen LogP contribution is -2.14. The lowest BCUT2D eigenvalue weighted by Gasteiger charge is -2.12. The van der Waals surface area contributed by atoms with E-state index in [1.165, 1.54) is 30.5 Å². The number of aromatic nitrogens is 1. The first-order valence-electron chi connectivity index (χ1n) is 8.70. The van der Waals surface area contributed by atoms with Crippen molar-refractivity contribution in [2.45, 2.75) is 12.8 Å². The third kappa shape index (κ3) is 4.62. The number of pyridine rings is 1. The van der Waals surface area contributed by atoms with Crippen LogP contribution in [0.4, 0.5) is 8.78 Å². The lowest BCUT2D eigenvalue weighted by atomic mass is 9.97. The Morgan fingerprint density at radius 3 is 2.70 bits per heavy atom. The summed E-state index contributed by atoms with van der Waals surface area (Å²) in [6.07, 6.45) is 1.80. The summed E-state index contributed by atoms with van der Waals surface area (Å²) < 4.78 is 51.9. The average Bonchev–Trinajstić information content (AvgIpc) is 2.73. The first kappa shape index (κ1) is 21.8. The molecular weight excluding hydrogens is 436 g/mol. The molecule has 1 heterocycles. The summed E-state index contributed by atoms with van der Waals surface area (Å²) in [5.74, 6) is -3.41. The number of carbonyl (C=O) groups is 1. The van der Waals surface area contributed by atoms with Gasteiger partial charge in [0.25, 0.3) is 0 Å². The first-order valence-corrected chi connectivity index (χ1v) is 10.3. The first-order chi connectivity index (χ1) is 14.3. The second kappa shape index (κ2) is 9.26. The molecule has 1 aromatic heterocycles. The highest BCUT2D eigenvalue weighted by Crippen LogP contribution is 2.30. The van der Waals surface area contributed by atoms with Crippen molar-refractivity contribution >= 4 is 39.2 Å². The van der Waals surface area contributed by atoms with Gasteiger partial charge in [0.05, 0.1) is 21.7 Å². The van der Waals surface area contributed by atoms with Crippen molar-refractivity contribution in [2.24, 2.45) is 0 Å². The molecule has 2 aromatic carbocycles. The smallest absolute Gasteiger partial charge is 0.201 e. The van der Waals surface area contributed by atoms with Gasteiger partial charge in [-0.3, -0.25) is 9.78 Å². The van der Waals surface area contributed by atoms with E-state index in [9.17, 15) is 22.0 Å². The number of aryl methyl sites for hydroxylation is 1. The molecule has 0 unspecified atom stereocenters. The number of carbonyl (C=O) groups excluding carboxylic acids is 1. The number of nitriles is 1. The summed E-state index contributed by atoms with van der Waals surface area (Å²) in [7, 11) is -2.76. The van der Waals surface area contributed by atoms with Crippen LogP contribution in [0.5, 0.6) is 0 Å². The number of fused-ring (bicyclic) bond motifs is 1. The van der Waals surface area contributed by atoms with Crippen molar-refractivity contribution in [1.82, 2.24) is 9.71 Å². The Morgan fingerprint density at radius 1 is 1.23 bits per heavy atom. The quantitative estimate of drug-likeness (QED) is 0.249. The van der Waals surface area contributed by atoms with Gasteiger partial charge in [0.15, 0.2) is 17.4 Å². The van der Waals surface area contributed by atoms with Gasteiger partial charge in [-0.05, 0) is 48.7 Å². The number of rotatable bonds is 7. The molecule has 6 nitrogen and oxygen atoms in total. The maximum absolute atomic E-state index is 14.5. The summed E-state index contributed by atoms with van der Waals surface area (Å²) in [5.41, 5.74) is 0.468. The molecule has 10 heteroatoms. The molecule has 0 bridgehead atoms. The monoisotopic (exact) mass is 449 g/mol. The van der Waals surface area contributed by atoms with E-state index in [0.29, 0.717) is 10.9 Å². The fourth-order valence-electron chi connectivity index (χ4n) is 2.96. The molecule has 0 aliphatic heterocycles. The number of nitrogens with one attached hydrogen (secondary N) is 1. The Morgan fingerprint density at radius 2 is 2.00 bits per heavy atom. The minimum atomic E-state index is -2.76. The van der Waals surface area contributed by atoms with E-state index in [0.717, 1.165) is 6.07 Å². The van der Waals surface area contributed by atoms with Crippen molar-refractivity contribution in [3.63, 3.8) is 0 Å². The summed E-state index contributed by atoms with van der Waals surface area (Å²) in [5, 5.41) is 9.27. The van der Waals surface area contributed by atoms with E-state index in [-0.39, 0.29) is 41.1 Å². The van der Waals surface area contributed by atoms with Crippen LogP contribution in [0.1, 0.15) is 33.5 Å². The zero-order chi connectivity index (χ0) is 21.8. The molecule has 0 amide bonds. The summed E-state index contributed by atoms with van der Waals surface area (Å²) >= 11 is 6.22. The number of halogens is 3. The standard InChI is InChI=1S/C20H14ClF2N3O3S/c21-18-12(2-1-5-26-30(28)29)8-15(22)19(23)17(18)20(27)13-3-4-16-14(7-13)6-11(9-24)10-25-16/h3-4,6-8,10,30H,1-2,5H2,(H,26,28,29). The van der Waals surface area contributed by atoms with E-state index in [2.05, 4.69) is 9.71 Å². The van der Waals surface area contributed by atoms with Crippen LogP contribution in [0.2, 0.25) is 5.02 Å². The molecule has 0 aliphatic rings. The molecule has 0 spiro atoms. The highest BCUT2D eigenvalue weighted by molar-refractivity contribution is 7.70. The van der Waals surface area contributed by atoms with Gasteiger partial charge in [-0.15, -0.1) is 0 Å². The Kier molecular flexibility index (Phi) is 6.72. The van der Waals surface area contributed by atoms with Crippen molar-refractivity contribution in [3.8, 4) is 6.07 Å². The van der Waals surface area contributed by atoms with Crippen LogP contribution < -0.4 is 4.72 Å². The molecule has 3 rings (SSSR count). The highest BCUT2D eigenvalue weighted by atomic mass is 35.5. The minimum Gasteiger partial charge on any atom is -0.288 e. The number of thiol groups is 1. The molecule has 0 saturated carbocycles. The van der Waals surface area contributed by atoms with E-state index >= 15 is 0 Å². The van der Waals surface area contributed by atoms with Crippen molar-refractivity contribution in [2.75, 3.05) is 6.54 Å². The molecule has 0 aliphatic carbocycles. The summed E-state index contributed by atoms with van der Waals surface area (Å²) in [4.78, 5) is 17.0. The second-order valence-electron chi connectivity index (χ2n) is 6.36. The highest BCUT2D eigenvalue weighted by Gasteiger charge is 2.24. The number of hydrogen-bond donors (Lipinski definition) is 2. The predicted molar refractivity (Wildman–Crippen MR) is 108 cm³/mol. The van der Waals surface area contributed by atoms with Gasteiger partial charge < -0.3 is 0 Å². The molecule has 0 saturated heterocycles. The van der Waals surface area contributed by atoms with E-state index in [4.69, 9.17) is 16.9 Å². The topological polar surface area (TPSA) is 99.9 Å². The van der Waals surface area contributed by atoms with Crippen molar-refractivity contribution < 1.29 is 22.0 Å². The number of nitrogens with zero attached hydrogens (tertiary/aromatic N) is 2. The van der Waals surface area contributed by atoms with Gasteiger partial charge in [0, 0.05) is 23.7 Å². The summed E-state index contributed by atoms with van der Waals surface area (Å²) in [6, 6.07) is 8.75. The second-order valence-corrected chi connectivity index (χ2v) is 7.57. The Balaban J connectivity index is 1.98. The van der Waals surface area contributed by atoms with Crippen molar-refractivity contribution in [1.29, 1.82) is 5.26 Å². The van der Waals surface area contributed by atoms with Crippen LogP contribution in [0.15, 0.2) is 36.5 Å². The maximum atomic E-state index is 14.5. The van der Waals surface area contributed by atoms with Crippen LogP contribution in [0.25, 0.3) is 10.9 Å². The normalized spacial score (nSPS) is 11.0. The Hall–Kier alpha value is -2.93. The van der Waals surface area contributed by atoms with Gasteiger partial charge >= 0.3 is 0 Å². The van der Waals surface area contributed by atoms with E-state index < -0.39 is 33.9 Å².